The van der Waals surface area contributed by atoms with E-state index in [1.54, 1.807) is 0 Å². The Balaban J connectivity index is 3.22. The standard InChI is InChI=1S/C12H26O3/c1-3-5-6-12(4-2)11-15-10-9-14-8-7-13/h12-13H,3-11H2,1-2H3/t12-/m0/s1. The molecule has 3 nitrogen and oxygen atoms in total. The molecule has 0 unspecified atom stereocenters. The van der Waals surface area contributed by atoms with E-state index in [9.17, 15) is 0 Å². The molecule has 0 heterocycles. The Kier molecular flexibility index (Phi) is 11.9. The van der Waals surface area contributed by atoms with Crippen LogP contribution in [0.15, 0.2) is 0 Å². The van der Waals surface area contributed by atoms with Crippen LogP contribution in [0.4, 0.5) is 0 Å². The van der Waals surface area contributed by atoms with E-state index in [1.165, 1.54) is 25.7 Å². The van der Waals surface area contributed by atoms with Crippen LogP contribution in [0.2, 0.25) is 0 Å². The zero-order chi connectivity index (χ0) is 11.4. The van der Waals surface area contributed by atoms with E-state index < -0.39 is 0 Å². The van der Waals surface area contributed by atoms with Gasteiger partial charge in [-0.05, 0) is 12.3 Å². The monoisotopic (exact) mass is 218 g/mol. The highest BCUT2D eigenvalue weighted by atomic mass is 16.5. The summed E-state index contributed by atoms with van der Waals surface area (Å²) >= 11 is 0. The van der Waals surface area contributed by atoms with Gasteiger partial charge in [0, 0.05) is 6.61 Å². The van der Waals surface area contributed by atoms with Crippen molar-refractivity contribution in [1.82, 2.24) is 0 Å². The Morgan fingerprint density at radius 1 is 1.07 bits per heavy atom. The minimum atomic E-state index is 0.0914. The van der Waals surface area contributed by atoms with Crippen LogP contribution >= 0.6 is 0 Å². The number of ether oxygens (including phenoxy) is 2. The summed E-state index contributed by atoms with van der Waals surface area (Å²) in [6.07, 6.45) is 5.01. The lowest BCUT2D eigenvalue weighted by atomic mass is 10.0. The van der Waals surface area contributed by atoms with Gasteiger partial charge >= 0.3 is 0 Å². The average Bonchev–Trinajstić information content (AvgIpc) is 2.27. The van der Waals surface area contributed by atoms with Crippen LogP contribution < -0.4 is 0 Å². The Morgan fingerprint density at radius 3 is 2.40 bits per heavy atom. The molecule has 0 amide bonds. The molecule has 0 rings (SSSR count). The first kappa shape index (κ1) is 14.9. The minimum absolute atomic E-state index is 0.0914. The largest absolute Gasteiger partial charge is 0.394 e. The quantitative estimate of drug-likeness (QED) is 0.540. The molecule has 0 saturated carbocycles. The maximum atomic E-state index is 8.48. The van der Waals surface area contributed by atoms with Gasteiger partial charge in [-0.15, -0.1) is 0 Å². The molecule has 0 aromatic rings. The molecule has 1 N–H and O–H groups in total. The fraction of sp³-hybridized carbons (Fsp3) is 1.00. The molecule has 0 aromatic carbocycles. The Hall–Kier alpha value is -0.120. The SMILES string of the molecule is CCCC[C@H](CC)COCCOCCO. The van der Waals surface area contributed by atoms with Gasteiger partial charge < -0.3 is 14.6 Å². The van der Waals surface area contributed by atoms with Gasteiger partial charge in [0.2, 0.25) is 0 Å². The summed E-state index contributed by atoms with van der Waals surface area (Å²) in [7, 11) is 0. The Morgan fingerprint density at radius 2 is 1.80 bits per heavy atom. The summed E-state index contributed by atoms with van der Waals surface area (Å²) in [5.41, 5.74) is 0. The molecule has 0 spiro atoms. The number of hydrogen-bond acceptors (Lipinski definition) is 3. The average molecular weight is 218 g/mol. The van der Waals surface area contributed by atoms with Crippen LogP contribution in [-0.4, -0.2) is 38.1 Å². The zero-order valence-corrected chi connectivity index (χ0v) is 10.2. The summed E-state index contributed by atoms with van der Waals surface area (Å²) in [4.78, 5) is 0. The van der Waals surface area contributed by atoms with E-state index in [0.717, 1.165) is 6.61 Å². The van der Waals surface area contributed by atoms with Crippen molar-refractivity contribution in [2.75, 3.05) is 33.0 Å². The molecule has 0 aromatic heterocycles. The van der Waals surface area contributed by atoms with Crippen LogP contribution in [0.1, 0.15) is 39.5 Å². The van der Waals surface area contributed by atoms with Gasteiger partial charge in [0.05, 0.1) is 26.4 Å². The van der Waals surface area contributed by atoms with Crippen molar-refractivity contribution in [2.45, 2.75) is 39.5 Å². The van der Waals surface area contributed by atoms with Gasteiger partial charge in [0.15, 0.2) is 0 Å². The molecule has 0 radical (unpaired) electrons. The molecule has 0 aliphatic rings. The first-order chi connectivity index (χ1) is 7.35. The predicted molar refractivity (Wildman–Crippen MR) is 62.0 cm³/mol. The van der Waals surface area contributed by atoms with Gasteiger partial charge in [-0.1, -0.05) is 33.1 Å². The lowest BCUT2D eigenvalue weighted by Crippen LogP contribution is -2.13. The Bertz CT molecular complexity index is 117. The summed E-state index contributed by atoms with van der Waals surface area (Å²) in [5.74, 6) is 0.697. The van der Waals surface area contributed by atoms with Crippen LogP contribution in [0.5, 0.6) is 0 Å². The lowest BCUT2D eigenvalue weighted by molar-refractivity contribution is 0.0204. The van der Waals surface area contributed by atoms with Crippen LogP contribution in [0.3, 0.4) is 0 Å². The van der Waals surface area contributed by atoms with Gasteiger partial charge in [0.1, 0.15) is 0 Å². The molecule has 15 heavy (non-hydrogen) atoms. The third kappa shape index (κ3) is 10.2. The maximum Gasteiger partial charge on any atom is 0.0701 e. The van der Waals surface area contributed by atoms with Crippen molar-refractivity contribution in [3.05, 3.63) is 0 Å². The fourth-order valence-electron chi connectivity index (χ4n) is 1.43. The van der Waals surface area contributed by atoms with Crippen LogP contribution in [-0.2, 0) is 9.47 Å². The van der Waals surface area contributed by atoms with E-state index in [2.05, 4.69) is 13.8 Å². The van der Waals surface area contributed by atoms with Gasteiger partial charge in [-0.2, -0.15) is 0 Å². The first-order valence-corrected chi connectivity index (χ1v) is 6.11. The number of aliphatic hydroxyl groups excluding tert-OH is 1. The van der Waals surface area contributed by atoms with Crippen molar-refractivity contribution < 1.29 is 14.6 Å². The third-order valence-electron chi connectivity index (χ3n) is 2.50. The predicted octanol–water partition coefficient (Wildman–Crippen LogP) is 2.23. The lowest BCUT2D eigenvalue weighted by Gasteiger charge is -2.14. The Labute approximate surface area is 93.8 Å². The third-order valence-corrected chi connectivity index (χ3v) is 2.50. The molecule has 1 atom stereocenters. The summed E-state index contributed by atoms with van der Waals surface area (Å²) < 4.78 is 10.6. The van der Waals surface area contributed by atoms with Gasteiger partial charge in [0.25, 0.3) is 0 Å². The number of aliphatic hydroxyl groups is 1. The molecular weight excluding hydrogens is 192 g/mol. The molecule has 0 aliphatic carbocycles. The summed E-state index contributed by atoms with van der Waals surface area (Å²) in [5, 5.41) is 8.48. The molecule has 0 saturated heterocycles. The molecule has 0 aliphatic heterocycles. The van der Waals surface area contributed by atoms with Crippen LogP contribution in [0.25, 0.3) is 0 Å². The number of hydrogen-bond donors (Lipinski definition) is 1. The molecule has 0 fully saturated rings. The summed E-state index contributed by atoms with van der Waals surface area (Å²) in [6.45, 7) is 7.01. The number of rotatable bonds is 11. The first-order valence-electron chi connectivity index (χ1n) is 6.11. The van der Waals surface area contributed by atoms with E-state index in [0.29, 0.717) is 25.7 Å². The molecule has 92 valence electrons. The molecule has 3 heteroatoms. The van der Waals surface area contributed by atoms with Crippen molar-refractivity contribution in [1.29, 1.82) is 0 Å². The topological polar surface area (TPSA) is 38.7 Å². The van der Waals surface area contributed by atoms with Crippen LogP contribution in [0, 0.1) is 5.92 Å². The second kappa shape index (κ2) is 12.0. The zero-order valence-electron chi connectivity index (χ0n) is 10.2. The smallest absolute Gasteiger partial charge is 0.0701 e. The van der Waals surface area contributed by atoms with Crippen molar-refractivity contribution in [3.8, 4) is 0 Å². The number of unbranched alkanes of at least 4 members (excludes halogenated alkanes) is 1. The van der Waals surface area contributed by atoms with Crippen molar-refractivity contribution in [3.63, 3.8) is 0 Å². The summed E-state index contributed by atoms with van der Waals surface area (Å²) in [6, 6.07) is 0. The van der Waals surface area contributed by atoms with Crippen molar-refractivity contribution >= 4 is 0 Å². The minimum Gasteiger partial charge on any atom is -0.394 e. The second-order valence-corrected chi connectivity index (χ2v) is 3.83. The maximum absolute atomic E-state index is 8.48. The highest BCUT2D eigenvalue weighted by Gasteiger charge is 2.05. The van der Waals surface area contributed by atoms with Gasteiger partial charge in [-0.25, -0.2) is 0 Å². The highest BCUT2D eigenvalue weighted by molar-refractivity contribution is 4.55. The normalized spacial score (nSPS) is 13.0. The highest BCUT2D eigenvalue weighted by Crippen LogP contribution is 2.12. The van der Waals surface area contributed by atoms with E-state index >= 15 is 0 Å². The fourth-order valence-corrected chi connectivity index (χ4v) is 1.43. The second-order valence-electron chi connectivity index (χ2n) is 3.83. The van der Waals surface area contributed by atoms with E-state index in [4.69, 9.17) is 14.6 Å². The van der Waals surface area contributed by atoms with Gasteiger partial charge in [-0.3, -0.25) is 0 Å². The molecular formula is C12H26O3. The van der Waals surface area contributed by atoms with Crippen molar-refractivity contribution in [2.24, 2.45) is 5.92 Å². The van der Waals surface area contributed by atoms with E-state index in [-0.39, 0.29) is 6.61 Å². The van der Waals surface area contributed by atoms with E-state index in [1.807, 2.05) is 0 Å². The molecule has 0 bridgehead atoms.